The van der Waals surface area contributed by atoms with E-state index in [-0.39, 0.29) is 11.3 Å². The highest BCUT2D eigenvalue weighted by molar-refractivity contribution is 7.17. The molecule has 1 fully saturated rings. The normalized spacial score (nSPS) is 24.2. The van der Waals surface area contributed by atoms with Gasteiger partial charge in [0.15, 0.2) is 0 Å². The third-order valence-corrected chi connectivity index (χ3v) is 5.89. The number of hydrogen-bond donors (Lipinski definition) is 0. The molecule has 0 aliphatic heterocycles. The van der Waals surface area contributed by atoms with E-state index in [0.717, 1.165) is 12.8 Å². The Balaban J connectivity index is 2.03. The van der Waals surface area contributed by atoms with Crippen molar-refractivity contribution in [1.29, 1.82) is 0 Å². The number of hydrogen-bond acceptors (Lipinski definition) is 2. The summed E-state index contributed by atoms with van der Waals surface area (Å²) in [6, 6.07) is 8.67. The maximum Gasteiger partial charge on any atom is 0.137 e. The molecule has 1 saturated carbocycles. The molecule has 2 unspecified atom stereocenters. The van der Waals surface area contributed by atoms with E-state index in [4.69, 9.17) is 0 Å². The lowest BCUT2D eigenvalue weighted by Gasteiger charge is -2.38. The molecule has 0 spiro atoms. The number of thiophene rings is 1. The number of fused-ring (bicyclic) bond motifs is 1. The van der Waals surface area contributed by atoms with Gasteiger partial charge in [0.25, 0.3) is 0 Å². The summed E-state index contributed by atoms with van der Waals surface area (Å²) in [4.78, 5) is 12.5. The molecule has 0 saturated heterocycles. The van der Waals surface area contributed by atoms with Gasteiger partial charge < -0.3 is 0 Å². The fourth-order valence-corrected chi connectivity index (χ4v) is 4.73. The summed E-state index contributed by atoms with van der Waals surface area (Å²) < 4.78 is 1.35. The van der Waals surface area contributed by atoms with Gasteiger partial charge in [-0.05, 0) is 41.2 Å². The molecule has 1 aliphatic carbocycles. The van der Waals surface area contributed by atoms with Gasteiger partial charge >= 0.3 is 0 Å². The van der Waals surface area contributed by atoms with Crippen molar-refractivity contribution in [2.45, 2.75) is 45.4 Å². The fourth-order valence-electron chi connectivity index (χ4n) is 3.65. The van der Waals surface area contributed by atoms with Crippen LogP contribution in [0, 0.1) is 11.8 Å². The molecule has 1 aromatic carbocycles. The SMILES string of the molecule is CC1CCC(C(C)(C)c2cccc3ccsc23)C(=O)C1. The predicted octanol–water partition coefficient (Wildman–Crippen LogP) is 5.18. The molecule has 0 radical (unpaired) electrons. The Hall–Kier alpha value is -1.15. The molecular formula is C18H22OS. The van der Waals surface area contributed by atoms with Crippen LogP contribution in [0.3, 0.4) is 0 Å². The van der Waals surface area contributed by atoms with Crippen LogP contribution in [0.1, 0.15) is 45.6 Å². The highest BCUT2D eigenvalue weighted by atomic mass is 32.1. The summed E-state index contributed by atoms with van der Waals surface area (Å²) >= 11 is 1.80. The summed E-state index contributed by atoms with van der Waals surface area (Å²) in [6.45, 7) is 6.70. The van der Waals surface area contributed by atoms with Crippen molar-refractivity contribution in [3.05, 3.63) is 35.2 Å². The van der Waals surface area contributed by atoms with Gasteiger partial charge in [0.2, 0.25) is 0 Å². The smallest absolute Gasteiger partial charge is 0.137 e. The van der Waals surface area contributed by atoms with Crippen LogP contribution in [0.15, 0.2) is 29.6 Å². The number of carbonyl (C=O) groups is 1. The zero-order chi connectivity index (χ0) is 14.3. The molecule has 1 aliphatic rings. The first-order valence-corrected chi connectivity index (χ1v) is 8.37. The van der Waals surface area contributed by atoms with E-state index in [2.05, 4.69) is 50.4 Å². The second kappa shape index (κ2) is 5.00. The largest absolute Gasteiger partial charge is 0.299 e. The first kappa shape index (κ1) is 13.8. The second-order valence-electron chi connectivity index (χ2n) is 6.77. The first-order valence-electron chi connectivity index (χ1n) is 7.49. The highest BCUT2D eigenvalue weighted by Gasteiger charge is 2.39. The van der Waals surface area contributed by atoms with E-state index < -0.39 is 0 Å². The van der Waals surface area contributed by atoms with Gasteiger partial charge in [0, 0.05) is 22.5 Å². The number of rotatable bonds is 2. The minimum absolute atomic E-state index is 0.0679. The van der Waals surface area contributed by atoms with E-state index in [1.165, 1.54) is 22.1 Å². The lowest BCUT2D eigenvalue weighted by Crippen LogP contribution is -2.38. The van der Waals surface area contributed by atoms with Gasteiger partial charge in [-0.25, -0.2) is 0 Å². The van der Waals surface area contributed by atoms with Gasteiger partial charge in [0.1, 0.15) is 5.78 Å². The predicted molar refractivity (Wildman–Crippen MR) is 86.4 cm³/mol. The maximum atomic E-state index is 12.5. The molecule has 20 heavy (non-hydrogen) atoms. The standard InChI is InChI=1S/C18H22OS/c1-12-7-8-14(16(19)11-12)18(2,3)15-6-4-5-13-9-10-20-17(13)15/h4-6,9-10,12,14H,7-8,11H2,1-3H3. The minimum Gasteiger partial charge on any atom is -0.299 e. The van der Waals surface area contributed by atoms with E-state index in [0.29, 0.717) is 11.7 Å². The van der Waals surface area contributed by atoms with E-state index >= 15 is 0 Å². The molecule has 0 N–H and O–H groups in total. The van der Waals surface area contributed by atoms with Crippen molar-refractivity contribution in [3.8, 4) is 0 Å². The second-order valence-corrected chi connectivity index (χ2v) is 7.69. The molecule has 1 nitrogen and oxygen atoms in total. The number of Topliss-reactive ketones (excluding diaryl/α,β-unsaturated/α-hetero) is 1. The van der Waals surface area contributed by atoms with Crippen LogP contribution in [0.2, 0.25) is 0 Å². The van der Waals surface area contributed by atoms with Gasteiger partial charge in [0.05, 0.1) is 0 Å². The average Bonchev–Trinajstić information content (AvgIpc) is 2.85. The van der Waals surface area contributed by atoms with Gasteiger partial charge in [-0.15, -0.1) is 11.3 Å². The lowest BCUT2D eigenvalue weighted by atomic mass is 9.65. The molecule has 106 valence electrons. The van der Waals surface area contributed by atoms with Crippen molar-refractivity contribution in [2.75, 3.05) is 0 Å². The van der Waals surface area contributed by atoms with Crippen LogP contribution in [-0.2, 0) is 10.2 Å². The van der Waals surface area contributed by atoms with Crippen molar-refractivity contribution < 1.29 is 4.79 Å². The Kier molecular flexibility index (Phi) is 3.45. The van der Waals surface area contributed by atoms with Crippen LogP contribution in [0.4, 0.5) is 0 Å². The molecule has 2 aromatic rings. The molecule has 2 atom stereocenters. The molecule has 0 amide bonds. The van der Waals surface area contributed by atoms with E-state index in [1.54, 1.807) is 11.3 Å². The van der Waals surface area contributed by atoms with Crippen LogP contribution in [-0.4, -0.2) is 5.78 Å². The quantitative estimate of drug-likeness (QED) is 0.743. The van der Waals surface area contributed by atoms with Crippen molar-refractivity contribution in [3.63, 3.8) is 0 Å². The zero-order valence-electron chi connectivity index (χ0n) is 12.5. The van der Waals surface area contributed by atoms with Crippen LogP contribution in [0.25, 0.3) is 10.1 Å². The van der Waals surface area contributed by atoms with E-state index in [1.807, 2.05) is 0 Å². The lowest BCUT2D eigenvalue weighted by molar-refractivity contribution is -0.128. The Labute approximate surface area is 125 Å². The summed E-state index contributed by atoms with van der Waals surface area (Å²) in [5, 5.41) is 3.45. The molecule has 0 bridgehead atoms. The molecule has 3 rings (SSSR count). The van der Waals surface area contributed by atoms with Crippen LogP contribution in [0.5, 0.6) is 0 Å². The Morgan fingerprint density at radius 2 is 2.00 bits per heavy atom. The summed E-state index contributed by atoms with van der Waals surface area (Å²) in [5.74, 6) is 1.20. The first-order chi connectivity index (χ1) is 9.50. The van der Waals surface area contributed by atoms with Crippen molar-refractivity contribution >= 4 is 27.2 Å². The van der Waals surface area contributed by atoms with E-state index in [9.17, 15) is 4.79 Å². The summed E-state index contributed by atoms with van der Waals surface area (Å²) in [5.41, 5.74) is 1.28. The number of carbonyl (C=O) groups excluding carboxylic acids is 1. The van der Waals surface area contributed by atoms with Gasteiger partial charge in [-0.2, -0.15) is 0 Å². The summed E-state index contributed by atoms with van der Waals surface area (Å²) in [6.07, 6.45) is 2.98. The van der Waals surface area contributed by atoms with Crippen molar-refractivity contribution in [1.82, 2.24) is 0 Å². The highest BCUT2D eigenvalue weighted by Crippen LogP contribution is 2.43. The third-order valence-electron chi connectivity index (χ3n) is 4.93. The van der Waals surface area contributed by atoms with Crippen LogP contribution < -0.4 is 0 Å². The molecule has 1 heterocycles. The Bertz CT molecular complexity index is 638. The number of ketones is 1. The average molecular weight is 286 g/mol. The zero-order valence-corrected chi connectivity index (χ0v) is 13.3. The summed E-state index contributed by atoms with van der Waals surface area (Å²) in [7, 11) is 0. The Morgan fingerprint density at radius 3 is 2.75 bits per heavy atom. The third kappa shape index (κ3) is 2.20. The Morgan fingerprint density at radius 1 is 1.20 bits per heavy atom. The topological polar surface area (TPSA) is 17.1 Å². The van der Waals surface area contributed by atoms with Crippen molar-refractivity contribution in [2.24, 2.45) is 11.8 Å². The molecular weight excluding hydrogens is 264 g/mol. The van der Waals surface area contributed by atoms with Crippen LogP contribution >= 0.6 is 11.3 Å². The fraction of sp³-hybridized carbons (Fsp3) is 0.500. The monoisotopic (exact) mass is 286 g/mol. The number of benzene rings is 1. The molecule has 2 heteroatoms. The molecule has 1 aromatic heterocycles. The van der Waals surface area contributed by atoms with Gasteiger partial charge in [-0.3, -0.25) is 4.79 Å². The van der Waals surface area contributed by atoms with Gasteiger partial charge in [-0.1, -0.05) is 39.0 Å². The minimum atomic E-state index is -0.0679. The maximum absolute atomic E-state index is 12.5.